The van der Waals surface area contributed by atoms with Crippen molar-refractivity contribution >= 4 is 0 Å². The number of rotatable bonds is 5. The van der Waals surface area contributed by atoms with Crippen LogP contribution in [0.4, 0.5) is 0 Å². The molecule has 1 heteroatoms. The summed E-state index contributed by atoms with van der Waals surface area (Å²) in [6, 6.07) is 0.688. The van der Waals surface area contributed by atoms with Crippen molar-refractivity contribution in [2.75, 3.05) is 13.6 Å². The van der Waals surface area contributed by atoms with Gasteiger partial charge in [0.15, 0.2) is 0 Å². The monoisotopic (exact) mass is 153 g/mol. The van der Waals surface area contributed by atoms with Crippen molar-refractivity contribution in [1.82, 2.24) is 4.90 Å². The van der Waals surface area contributed by atoms with Crippen molar-refractivity contribution < 1.29 is 0 Å². The highest BCUT2D eigenvalue weighted by Crippen LogP contribution is 2.01. The highest BCUT2D eigenvalue weighted by atomic mass is 15.1. The van der Waals surface area contributed by atoms with Gasteiger partial charge in [0, 0.05) is 12.5 Å². The number of hydrogen-bond acceptors (Lipinski definition) is 1. The summed E-state index contributed by atoms with van der Waals surface area (Å²) in [4.78, 5) is 2.36. The van der Waals surface area contributed by atoms with Crippen LogP contribution in [0.5, 0.6) is 0 Å². The summed E-state index contributed by atoms with van der Waals surface area (Å²) in [6.45, 7) is 5.58. The van der Waals surface area contributed by atoms with E-state index in [1.807, 2.05) is 0 Å². The lowest BCUT2D eigenvalue weighted by Gasteiger charge is -2.22. The van der Waals surface area contributed by atoms with Crippen molar-refractivity contribution in [3.05, 3.63) is 0 Å². The van der Waals surface area contributed by atoms with Crippen LogP contribution in [0.1, 0.15) is 33.1 Å². The first-order valence-corrected chi connectivity index (χ1v) is 4.36. The quantitative estimate of drug-likeness (QED) is 0.432. The Bertz CT molecular complexity index is 123. The Morgan fingerprint density at radius 2 is 2.18 bits per heavy atom. The second-order valence-corrected chi connectivity index (χ2v) is 3.05. The smallest absolute Gasteiger partial charge is 0.00982 e. The van der Waals surface area contributed by atoms with Crippen molar-refractivity contribution in [3.63, 3.8) is 0 Å². The first kappa shape index (κ1) is 10.5. The van der Waals surface area contributed by atoms with Crippen LogP contribution in [-0.4, -0.2) is 24.5 Å². The lowest BCUT2D eigenvalue weighted by molar-refractivity contribution is 0.250. The van der Waals surface area contributed by atoms with E-state index in [2.05, 4.69) is 31.7 Å². The Hall–Kier alpha value is -0.480. The molecule has 0 N–H and O–H groups in total. The van der Waals surface area contributed by atoms with Crippen molar-refractivity contribution in [3.8, 4) is 12.3 Å². The normalized spacial score (nSPS) is 13.0. The molecule has 0 aromatic heterocycles. The van der Waals surface area contributed by atoms with Crippen LogP contribution >= 0.6 is 0 Å². The predicted molar refractivity (Wildman–Crippen MR) is 50.5 cm³/mol. The summed E-state index contributed by atoms with van der Waals surface area (Å²) in [7, 11) is 2.16. The van der Waals surface area contributed by atoms with Gasteiger partial charge in [-0.15, -0.1) is 12.3 Å². The molecular formula is C10H19N. The van der Waals surface area contributed by atoms with Gasteiger partial charge in [-0.25, -0.2) is 0 Å². The topological polar surface area (TPSA) is 3.24 Å². The second-order valence-electron chi connectivity index (χ2n) is 3.05. The molecule has 1 atom stereocenters. The van der Waals surface area contributed by atoms with Gasteiger partial charge in [-0.05, 0) is 33.4 Å². The summed E-state index contributed by atoms with van der Waals surface area (Å²) < 4.78 is 0. The van der Waals surface area contributed by atoms with Crippen LogP contribution in [0.3, 0.4) is 0 Å². The first-order valence-electron chi connectivity index (χ1n) is 4.36. The van der Waals surface area contributed by atoms with E-state index in [0.717, 1.165) is 19.4 Å². The van der Waals surface area contributed by atoms with E-state index in [1.54, 1.807) is 0 Å². The van der Waals surface area contributed by atoms with Crippen LogP contribution in [0.2, 0.25) is 0 Å². The van der Waals surface area contributed by atoms with Gasteiger partial charge in [0.1, 0.15) is 0 Å². The number of terminal acetylenes is 1. The lowest BCUT2D eigenvalue weighted by Crippen LogP contribution is -2.29. The summed E-state index contributed by atoms with van der Waals surface area (Å²) in [5.74, 6) is 2.65. The maximum Gasteiger partial charge on any atom is 0.00982 e. The Morgan fingerprint density at radius 3 is 2.64 bits per heavy atom. The molecule has 0 radical (unpaired) electrons. The fourth-order valence-corrected chi connectivity index (χ4v) is 0.963. The van der Waals surface area contributed by atoms with Gasteiger partial charge in [-0.2, -0.15) is 0 Å². The lowest BCUT2D eigenvalue weighted by atomic mass is 10.2. The third-order valence-electron chi connectivity index (χ3n) is 2.18. The molecule has 11 heavy (non-hydrogen) atoms. The van der Waals surface area contributed by atoms with Gasteiger partial charge in [0.05, 0.1) is 0 Å². The van der Waals surface area contributed by atoms with Gasteiger partial charge in [0.2, 0.25) is 0 Å². The molecule has 0 aromatic carbocycles. The fourth-order valence-electron chi connectivity index (χ4n) is 0.963. The summed E-state index contributed by atoms with van der Waals surface area (Å²) in [5, 5.41) is 0. The Morgan fingerprint density at radius 1 is 1.55 bits per heavy atom. The molecule has 0 aliphatic carbocycles. The average molecular weight is 153 g/mol. The molecule has 0 spiro atoms. The first-order chi connectivity index (χ1) is 5.22. The molecule has 0 rings (SSSR count). The summed E-state index contributed by atoms with van der Waals surface area (Å²) in [5.41, 5.74) is 0. The van der Waals surface area contributed by atoms with Crippen molar-refractivity contribution in [2.45, 2.75) is 39.2 Å². The molecule has 0 heterocycles. The zero-order valence-corrected chi connectivity index (χ0v) is 7.93. The molecule has 0 fully saturated rings. The molecule has 0 saturated heterocycles. The number of unbranched alkanes of at least 4 members (excludes halogenated alkanes) is 1. The third kappa shape index (κ3) is 4.86. The average Bonchev–Trinajstić information content (AvgIpc) is 2.03. The van der Waals surface area contributed by atoms with Gasteiger partial charge in [0.25, 0.3) is 0 Å². The SMILES string of the molecule is C#CCCCN(C)C(C)CC. The zero-order valence-electron chi connectivity index (χ0n) is 7.93. The van der Waals surface area contributed by atoms with Crippen molar-refractivity contribution in [1.29, 1.82) is 0 Å². The molecule has 0 aromatic rings. The van der Waals surface area contributed by atoms with Crippen molar-refractivity contribution in [2.24, 2.45) is 0 Å². The van der Waals surface area contributed by atoms with E-state index in [-0.39, 0.29) is 0 Å². The van der Waals surface area contributed by atoms with Gasteiger partial charge in [-0.3, -0.25) is 0 Å². The van der Waals surface area contributed by atoms with Gasteiger partial charge >= 0.3 is 0 Å². The maximum atomic E-state index is 5.15. The second kappa shape index (κ2) is 6.24. The van der Waals surface area contributed by atoms with E-state index in [9.17, 15) is 0 Å². The van der Waals surface area contributed by atoms with E-state index in [0.29, 0.717) is 6.04 Å². The Kier molecular flexibility index (Phi) is 5.97. The minimum Gasteiger partial charge on any atom is -0.304 e. The number of nitrogens with zero attached hydrogens (tertiary/aromatic N) is 1. The number of hydrogen-bond donors (Lipinski definition) is 0. The minimum atomic E-state index is 0.688. The van der Waals surface area contributed by atoms with E-state index < -0.39 is 0 Å². The Labute approximate surface area is 70.8 Å². The molecular weight excluding hydrogens is 134 g/mol. The molecule has 0 bridgehead atoms. The summed E-state index contributed by atoms with van der Waals surface area (Å²) >= 11 is 0. The summed E-state index contributed by atoms with van der Waals surface area (Å²) in [6.07, 6.45) is 8.40. The van der Waals surface area contributed by atoms with Crippen LogP contribution in [-0.2, 0) is 0 Å². The Balaban J connectivity index is 3.37. The third-order valence-corrected chi connectivity index (χ3v) is 2.18. The molecule has 0 amide bonds. The largest absolute Gasteiger partial charge is 0.304 e. The van der Waals surface area contributed by atoms with Gasteiger partial charge in [-0.1, -0.05) is 6.92 Å². The molecule has 0 aliphatic heterocycles. The van der Waals surface area contributed by atoms with E-state index in [4.69, 9.17) is 6.42 Å². The van der Waals surface area contributed by atoms with Gasteiger partial charge < -0.3 is 4.90 Å². The molecule has 0 saturated carbocycles. The maximum absolute atomic E-state index is 5.15. The zero-order chi connectivity index (χ0) is 8.69. The molecule has 1 nitrogen and oxygen atoms in total. The predicted octanol–water partition coefficient (Wildman–Crippen LogP) is 2.13. The van der Waals surface area contributed by atoms with Crippen LogP contribution < -0.4 is 0 Å². The standard InChI is InChI=1S/C10H19N/c1-5-7-8-9-11(4)10(3)6-2/h1,10H,6-9H2,2-4H3. The van der Waals surface area contributed by atoms with Crippen LogP contribution in [0.25, 0.3) is 0 Å². The van der Waals surface area contributed by atoms with Crippen LogP contribution in [0.15, 0.2) is 0 Å². The molecule has 1 unspecified atom stereocenters. The molecule has 0 aliphatic rings. The minimum absolute atomic E-state index is 0.688. The van der Waals surface area contributed by atoms with E-state index in [1.165, 1.54) is 6.42 Å². The highest BCUT2D eigenvalue weighted by Gasteiger charge is 2.04. The van der Waals surface area contributed by atoms with E-state index >= 15 is 0 Å². The molecule has 64 valence electrons. The fraction of sp³-hybridized carbons (Fsp3) is 0.800. The van der Waals surface area contributed by atoms with Crippen LogP contribution in [0, 0.1) is 12.3 Å². The highest BCUT2D eigenvalue weighted by molar-refractivity contribution is 4.83.